The molecule has 42 valence electrons. The number of halogens is 2. The number of amides is 1. The number of nitrogens with zero attached hydrogens (tertiary/aromatic N) is 1. The van der Waals surface area contributed by atoms with E-state index in [1.54, 1.807) is 0 Å². The highest BCUT2D eigenvalue weighted by Gasteiger charge is 2.13. The van der Waals surface area contributed by atoms with Gasteiger partial charge in [0.25, 0.3) is 5.91 Å². The number of aliphatic imine (C=N–C) groups is 1. The van der Waals surface area contributed by atoms with Crippen molar-refractivity contribution < 1.29 is 4.79 Å². The third-order valence-corrected chi connectivity index (χ3v) is 2.59. The monoisotopic (exact) mass is 237 g/mol. The topological polar surface area (TPSA) is 29.4 Å². The standard InChI is InChI=1S/C4HBr2NO/c5-2-1-7-4(8)3(2)6/h1H. The zero-order valence-electron chi connectivity index (χ0n) is 3.69. The van der Waals surface area contributed by atoms with Gasteiger partial charge in [0.05, 0.1) is 4.48 Å². The largest absolute Gasteiger partial charge is 0.285 e. The summed E-state index contributed by atoms with van der Waals surface area (Å²) in [5.41, 5.74) is 0. The molecule has 0 aromatic rings. The van der Waals surface area contributed by atoms with Crippen LogP contribution in [0.25, 0.3) is 0 Å². The molecule has 0 fully saturated rings. The summed E-state index contributed by atoms with van der Waals surface area (Å²) in [6.45, 7) is 0. The maximum atomic E-state index is 10.5. The van der Waals surface area contributed by atoms with E-state index in [2.05, 4.69) is 36.9 Å². The first-order valence-electron chi connectivity index (χ1n) is 1.85. The van der Waals surface area contributed by atoms with Crippen molar-refractivity contribution in [3.63, 3.8) is 0 Å². The fourth-order valence-electron chi connectivity index (χ4n) is 0.331. The summed E-state index contributed by atoms with van der Waals surface area (Å²) in [4.78, 5) is 13.9. The second-order valence-corrected chi connectivity index (χ2v) is 2.87. The van der Waals surface area contributed by atoms with Crippen molar-refractivity contribution in [3.8, 4) is 0 Å². The van der Waals surface area contributed by atoms with Crippen molar-refractivity contribution >= 4 is 44.0 Å². The van der Waals surface area contributed by atoms with E-state index in [-0.39, 0.29) is 5.91 Å². The summed E-state index contributed by atoms with van der Waals surface area (Å²) >= 11 is 6.13. The van der Waals surface area contributed by atoms with Crippen LogP contribution in [-0.2, 0) is 4.79 Å². The highest BCUT2D eigenvalue weighted by molar-refractivity contribution is 9.14. The van der Waals surface area contributed by atoms with E-state index in [1.165, 1.54) is 6.21 Å². The van der Waals surface area contributed by atoms with Gasteiger partial charge < -0.3 is 0 Å². The molecule has 0 radical (unpaired) electrons. The molecule has 1 heterocycles. The summed E-state index contributed by atoms with van der Waals surface area (Å²) in [6.07, 6.45) is 1.46. The van der Waals surface area contributed by atoms with Crippen LogP contribution in [-0.4, -0.2) is 12.1 Å². The Kier molecular flexibility index (Phi) is 1.62. The van der Waals surface area contributed by atoms with Crippen LogP contribution >= 0.6 is 31.9 Å². The lowest BCUT2D eigenvalue weighted by molar-refractivity contribution is -0.113. The maximum absolute atomic E-state index is 10.5. The molecule has 8 heavy (non-hydrogen) atoms. The predicted molar refractivity (Wildman–Crippen MR) is 38.4 cm³/mol. The van der Waals surface area contributed by atoms with E-state index in [0.29, 0.717) is 8.96 Å². The van der Waals surface area contributed by atoms with Crippen LogP contribution in [0.4, 0.5) is 0 Å². The Bertz CT molecular complexity index is 190. The number of carbonyl (C=O) groups excluding carboxylic acids is 1. The lowest BCUT2D eigenvalue weighted by Crippen LogP contribution is -1.83. The first-order valence-corrected chi connectivity index (χ1v) is 3.44. The van der Waals surface area contributed by atoms with Crippen LogP contribution in [0.5, 0.6) is 0 Å². The minimum absolute atomic E-state index is 0.225. The van der Waals surface area contributed by atoms with Crippen molar-refractivity contribution in [3.05, 3.63) is 8.96 Å². The van der Waals surface area contributed by atoms with Gasteiger partial charge in [-0.2, -0.15) is 0 Å². The molecule has 0 unspecified atom stereocenters. The van der Waals surface area contributed by atoms with Gasteiger partial charge in [-0.3, -0.25) is 4.79 Å². The van der Waals surface area contributed by atoms with Crippen LogP contribution < -0.4 is 0 Å². The average Bonchev–Trinajstić information content (AvgIpc) is 1.98. The number of rotatable bonds is 0. The molecule has 0 atom stereocenters. The zero-order valence-corrected chi connectivity index (χ0v) is 6.86. The molecule has 1 rings (SSSR count). The van der Waals surface area contributed by atoms with Crippen LogP contribution in [0.1, 0.15) is 0 Å². The Morgan fingerprint density at radius 3 is 2.25 bits per heavy atom. The van der Waals surface area contributed by atoms with Crippen molar-refractivity contribution in [2.45, 2.75) is 0 Å². The quantitative estimate of drug-likeness (QED) is 0.631. The molecule has 1 aliphatic heterocycles. The van der Waals surface area contributed by atoms with Gasteiger partial charge in [-0.25, -0.2) is 4.99 Å². The van der Waals surface area contributed by atoms with Crippen molar-refractivity contribution in [1.82, 2.24) is 0 Å². The smallest absolute Gasteiger partial charge is 0.266 e. The molecule has 1 amide bonds. The lowest BCUT2D eigenvalue weighted by atomic mass is 10.6. The molecule has 1 aliphatic rings. The fraction of sp³-hybridized carbons (Fsp3) is 0. The second kappa shape index (κ2) is 2.11. The SMILES string of the molecule is O=C1N=CC(Br)=C1Br. The summed E-state index contributed by atoms with van der Waals surface area (Å²) in [5, 5.41) is 0. The van der Waals surface area contributed by atoms with E-state index in [0.717, 1.165) is 0 Å². The molecular formula is C4HBr2NO. The summed E-state index contributed by atoms with van der Waals surface area (Å²) in [7, 11) is 0. The van der Waals surface area contributed by atoms with E-state index in [4.69, 9.17) is 0 Å². The maximum Gasteiger partial charge on any atom is 0.285 e. The molecule has 0 spiro atoms. The molecule has 2 nitrogen and oxygen atoms in total. The highest BCUT2D eigenvalue weighted by atomic mass is 79.9. The molecule has 0 aromatic carbocycles. The number of hydrogen-bond donors (Lipinski definition) is 0. The van der Waals surface area contributed by atoms with Gasteiger partial charge in [0.15, 0.2) is 0 Å². The Labute approximate surface area is 62.9 Å². The third kappa shape index (κ3) is 0.902. The van der Waals surface area contributed by atoms with Crippen LogP contribution in [0, 0.1) is 0 Å². The summed E-state index contributed by atoms with van der Waals surface area (Å²) in [6, 6.07) is 0. The van der Waals surface area contributed by atoms with Crippen molar-refractivity contribution in [1.29, 1.82) is 0 Å². The normalized spacial score (nSPS) is 18.5. The van der Waals surface area contributed by atoms with E-state index in [1.807, 2.05) is 0 Å². The van der Waals surface area contributed by atoms with Gasteiger partial charge in [0, 0.05) is 6.21 Å². The number of carbonyl (C=O) groups is 1. The second-order valence-electron chi connectivity index (χ2n) is 1.23. The zero-order chi connectivity index (χ0) is 6.15. The van der Waals surface area contributed by atoms with Gasteiger partial charge in [-0.1, -0.05) is 0 Å². The Morgan fingerprint density at radius 2 is 2.12 bits per heavy atom. The first-order chi connectivity index (χ1) is 3.72. The van der Waals surface area contributed by atoms with Crippen LogP contribution in [0.15, 0.2) is 14.0 Å². The highest BCUT2D eigenvalue weighted by Crippen LogP contribution is 2.21. The van der Waals surface area contributed by atoms with E-state index >= 15 is 0 Å². The minimum atomic E-state index is -0.225. The fourth-order valence-corrected chi connectivity index (χ4v) is 0.808. The van der Waals surface area contributed by atoms with Crippen LogP contribution in [0.2, 0.25) is 0 Å². The molecule has 0 aromatic heterocycles. The Hall–Kier alpha value is 0.0400. The van der Waals surface area contributed by atoms with Gasteiger partial charge in [-0.15, -0.1) is 0 Å². The van der Waals surface area contributed by atoms with E-state index in [9.17, 15) is 4.79 Å². The molecule has 4 heteroatoms. The molecule has 0 aliphatic carbocycles. The third-order valence-electron chi connectivity index (χ3n) is 0.693. The molecule has 0 N–H and O–H groups in total. The molecular weight excluding hydrogens is 238 g/mol. The predicted octanol–water partition coefficient (Wildman–Crippen LogP) is 1.60. The summed E-state index contributed by atoms with van der Waals surface area (Å²) < 4.78 is 1.21. The lowest BCUT2D eigenvalue weighted by Gasteiger charge is -1.79. The number of hydrogen-bond acceptors (Lipinski definition) is 1. The van der Waals surface area contributed by atoms with Gasteiger partial charge >= 0.3 is 0 Å². The van der Waals surface area contributed by atoms with Gasteiger partial charge in [0.1, 0.15) is 4.48 Å². The first kappa shape index (κ1) is 6.16. The molecule has 0 saturated heterocycles. The Balaban J connectivity index is 3.02. The summed E-state index contributed by atoms with van der Waals surface area (Å²) in [5.74, 6) is -0.225. The van der Waals surface area contributed by atoms with Gasteiger partial charge in [0.2, 0.25) is 0 Å². The molecule has 0 bridgehead atoms. The van der Waals surface area contributed by atoms with Crippen LogP contribution in [0.3, 0.4) is 0 Å². The van der Waals surface area contributed by atoms with Crippen molar-refractivity contribution in [2.24, 2.45) is 4.99 Å². The van der Waals surface area contributed by atoms with E-state index < -0.39 is 0 Å². The number of allylic oxidation sites excluding steroid dienone is 1. The van der Waals surface area contributed by atoms with Gasteiger partial charge in [-0.05, 0) is 31.9 Å². The molecule has 0 saturated carbocycles. The van der Waals surface area contributed by atoms with Crippen molar-refractivity contribution in [2.75, 3.05) is 0 Å². The minimum Gasteiger partial charge on any atom is -0.266 e. The average molecular weight is 239 g/mol. The Morgan fingerprint density at radius 1 is 1.50 bits per heavy atom.